The first-order valence-electron chi connectivity index (χ1n) is 4.80. The van der Waals surface area contributed by atoms with Crippen molar-refractivity contribution in [1.29, 1.82) is 0 Å². The SMILES string of the molecule is Brc1cccc(CNCc2sncc2Br)c1. The normalized spacial score (nSPS) is 10.6. The molecule has 0 amide bonds. The standard InChI is InChI=1S/C11H10Br2N2S/c12-9-3-1-2-8(4-9)5-14-7-11-10(13)6-15-16-11/h1-4,6,14H,5,7H2. The molecule has 0 aliphatic heterocycles. The van der Waals surface area contributed by atoms with Gasteiger partial charge in [0, 0.05) is 17.6 Å². The first kappa shape index (κ1) is 12.2. The van der Waals surface area contributed by atoms with Gasteiger partial charge in [-0.25, -0.2) is 0 Å². The second-order valence-electron chi connectivity index (χ2n) is 3.33. The highest BCUT2D eigenvalue weighted by Gasteiger charge is 2.01. The van der Waals surface area contributed by atoms with Crippen LogP contribution in [0.25, 0.3) is 0 Å². The lowest BCUT2D eigenvalue weighted by molar-refractivity contribution is 0.699. The third-order valence-electron chi connectivity index (χ3n) is 2.10. The van der Waals surface area contributed by atoms with Crippen LogP contribution in [0.2, 0.25) is 0 Å². The van der Waals surface area contributed by atoms with Crippen LogP contribution in [0.4, 0.5) is 0 Å². The van der Waals surface area contributed by atoms with Gasteiger partial charge in [-0.05, 0) is 45.2 Å². The van der Waals surface area contributed by atoms with Crippen molar-refractivity contribution < 1.29 is 0 Å². The molecule has 2 nitrogen and oxygen atoms in total. The van der Waals surface area contributed by atoms with E-state index in [-0.39, 0.29) is 0 Å². The number of hydrogen-bond acceptors (Lipinski definition) is 3. The average Bonchev–Trinajstić information content (AvgIpc) is 2.65. The van der Waals surface area contributed by atoms with Crippen molar-refractivity contribution in [2.24, 2.45) is 0 Å². The lowest BCUT2D eigenvalue weighted by Crippen LogP contribution is -2.11. The van der Waals surface area contributed by atoms with Gasteiger partial charge in [0.2, 0.25) is 0 Å². The summed E-state index contributed by atoms with van der Waals surface area (Å²) in [5.74, 6) is 0. The van der Waals surface area contributed by atoms with Gasteiger partial charge in [0.15, 0.2) is 0 Å². The number of hydrogen-bond donors (Lipinski definition) is 1. The number of nitrogens with zero attached hydrogens (tertiary/aromatic N) is 1. The fraction of sp³-hybridized carbons (Fsp3) is 0.182. The van der Waals surface area contributed by atoms with E-state index in [4.69, 9.17) is 0 Å². The minimum Gasteiger partial charge on any atom is -0.308 e. The molecule has 0 atom stereocenters. The van der Waals surface area contributed by atoms with Crippen LogP contribution in [-0.2, 0) is 13.1 Å². The topological polar surface area (TPSA) is 24.9 Å². The zero-order valence-corrected chi connectivity index (χ0v) is 12.4. The Labute approximate surface area is 116 Å². The molecule has 0 saturated carbocycles. The van der Waals surface area contributed by atoms with Crippen LogP contribution < -0.4 is 5.32 Å². The molecule has 0 unspecified atom stereocenters. The molecule has 1 aromatic carbocycles. The van der Waals surface area contributed by atoms with Gasteiger partial charge in [-0.1, -0.05) is 28.1 Å². The maximum Gasteiger partial charge on any atom is 0.0552 e. The minimum atomic E-state index is 0.845. The summed E-state index contributed by atoms with van der Waals surface area (Å²) in [5.41, 5.74) is 1.27. The van der Waals surface area contributed by atoms with Gasteiger partial charge >= 0.3 is 0 Å². The maximum atomic E-state index is 4.11. The monoisotopic (exact) mass is 360 g/mol. The van der Waals surface area contributed by atoms with Crippen LogP contribution >= 0.6 is 43.4 Å². The number of benzene rings is 1. The molecule has 5 heteroatoms. The van der Waals surface area contributed by atoms with Gasteiger partial charge in [-0.2, -0.15) is 4.37 Å². The summed E-state index contributed by atoms with van der Waals surface area (Å²) in [5, 5.41) is 3.39. The van der Waals surface area contributed by atoms with Crippen LogP contribution in [0.1, 0.15) is 10.4 Å². The molecule has 0 radical (unpaired) electrons. The molecule has 1 heterocycles. The smallest absolute Gasteiger partial charge is 0.0552 e. The maximum absolute atomic E-state index is 4.11. The molecular weight excluding hydrogens is 352 g/mol. The molecule has 2 rings (SSSR count). The zero-order chi connectivity index (χ0) is 11.4. The van der Waals surface area contributed by atoms with E-state index in [1.54, 1.807) is 0 Å². The highest BCUT2D eigenvalue weighted by molar-refractivity contribution is 9.10. The predicted octanol–water partition coefficient (Wildman–Crippen LogP) is 3.96. The van der Waals surface area contributed by atoms with Crippen molar-refractivity contribution in [3.63, 3.8) is 0 Å². The van der Waals surface area contributed by atoms with E-state index in [1.165, 1.54) is 22.0 Å². The summed E-state index contributed by atoms with van der Waals surface area (Å²) in [7, 11) is 0. The second kappa shape index (κ2) is 5.91. The van der Waals surface area contributed by atoms with Gasteiger partial charge in [-0.3, -0.25) is 0 Å². The number of aromatic nitrogens is 1. The Kier molecular flexibility index (Phi) is 4.52. The lowest BCUT2D eigenvalue weighted by atomic mass is 10.2. The van der Waals surface area contributed by atoms with Crippen molar-refractivity contribution >= 4 is 43.4 Å². The van der Waals surface area contributed by atoms with Gasteiger partial charge in [0.25, 0.3) is 0 Å². The van der Waals surface area contributed by atoms with Gasteiger partial charge < -0.3 is 5.32 Å². The zero-order valence-electron chi connectivity index (χ0n) is 8.41. The van der Waals surface area contributed by atoms with E-state index in [0.29, 0.717) is 0 Å². The van der Waals surface area contributed by atoms with Crippen molar-refractivity contribution in [3.8, 4) is 0 Å². The molecule has 0 fully saturated rings. The van der Waals surface area contributed by atoms with Crippen molar-refractivity contribution in [2.45, 2.75) is 13.1 Å². The van der Waals surface area contributed by atoms with Crippen LogP contribution in [0.3, 0.4) is 0 Å². The first-order valence-corrected chi connectivity index (χ1v) is 7.16. The van der Waals surface area contributed by atoms with Crippen LogP contribution in [-0.4, -0.2) is 4.37 Å². The Balaban J connectivity index is 1.87. The van der Waals surface area contributed by atoms with E-state index in [0.717, 1.165) is 22.0 Å². The quantitative estimate of drug-likeness (QED) is 0.891. The van der Waals surface area contributed by atoms with Crippen LogP contribution in [0.15, 0.2) is 39.4 Å². The lowest BCUT2D eigenvalue weighted by Gasteiger charge is -2.04. The Morgan fingerprint density at radius 3 is 2.81 bits per heavy atom. The number of halogens is 2. The molecular formula is C11H10Br2N2S. The van der Waals surface area contributed by atoms with E-state index >= 15 is 0 Å². The third kappa shape index (κ3) is 3.38. The highest BCUT2D eigenvalue weighted by Crippen LogP contribution is 2.19. The van der Waals surface area contributed by atoms with Crippen LogP contribution in [0, 0.1) is 0 Å². The highest BCUT2D eigenvalue weighted by atomic mass is 79.9. The number of rotatable bonds is 4. The first-order chi connectivity index (χ1) is 7.75. The summed E-state index contributed by atoms with van der Waals surface area (Å²) in [6, 6.07) is 8.31. The van der Waals surface area contributed by atoms with Gasteiger partial charge in [0.05, 0.1) is 15.5 Å². The fourth-order valence-electron chi connectivity index (χ4n) is 1.34. The average molecular weight is 362 g/mol. The summed E-state index contributed by atoms with van der Waals surface area (Å²) < 4.78 is 6.31. The van der Waals surface area contributed by atoms with Crippen LogP contribution in [0.5, 0.6) is 0 Å². The largest absolute Gasteiger partial charge is 0.308 e. The molecule has 1 N–H and O–H groups in total. The predicted molar refractivity (Wildman–Crippen MR) is 74.5 cm³/mol. The number of nitrogens with one attached hydrogen (secondary N) is 1. The van der Waals surface area contributed by atoms with E-state index in [9.17, 15) is 0 Å². The molecule has 1 aromatic heterocycles. The Hall–Kier alpha value is -0.230. The summed E-state index contributed by atoms with van der Waals surface area (Å²) in [4.78, 5) is 1.23. The molecule has 0 bridgehead atoms. The second-order valence-corrected chi connectivity index (χ2v) is 5.99. The molecule has 84 valence electrons. The summed E-state index contributed by atoms with van der Waals surface area (Å²) >= 11 is 8.45. The molecule has 2 aromatic rings. The Morgan fingerprint density at radius 2 is 2.12 bits per heavy atom. The van der Waals surface area contributed by atoms with E-state index in [1.807, 2.05) is 18.3 Å². The third-order valence-corrected chi connectivity index (χ3v) is 4.33. The molecule has 0 aliphatic rings. The van der Waals surface area contributed by atoms with Crippen molar-refractivity contribution in [1.82, 2.24) is 9.69 Å². The molecule has 0 spiro atoms. The van der Waals surface area contributed by atoms with Crippen molar-refractivity contribution in [2.75, 3.05) is 0 Å². The molecule has 0 aliphatic carbocycles. The van der Waals surface area contributed by atoms with Gasteiger partial charge in [-0.15, -0.1) is 0 Å². The summed E-state index contributed by atoms with van der Waals surface area (Å²) in [6.45, 7) is 1.71. The Morgan fingerprint density at radius 1 is 1.25 bits per heavy atom. The fourth-order valence-corrected chi connectivity index (χ4v) is 2.97. The van der Waals surface area contributed by atoms with E-state index in [2.05, 4.69) is 53.7 Å². The van der Waals surface area contributed by atoms with Gasteiger partial charge in [0.1, 0.15) is 0 Å². The molecule has 0 saturated heterocycles. The van der Waals surface area contributed by atoms with Crippen molar-refractivity contribution in [3.05, 3.63) is 49.8 Å². The minimum absolute atomic E-state index is 0.845. The molecule has 16 heavy (non-hydrogen) atoms. The Bertz CT molecular complexity index is 471. The van der Waals surface area contributed by atoms with E-state index < -0.39 is 0 Å². The summed E-state index contributed by atoms with van der Waals surface area (Å²) in [6.07, 6.45) is 1.83.